The molecule has 2 unspecified atom stereocenters. The van der Waals surface area contributed by atoms with Crippen LogP contribution in [0.1, 0.15) is 41.0 Å². The number of hydrogen-bond donors (Lipinski definition) is 2. The summed E-state index contributed by atoms with van der Waals surface area (Å²) in [5.41, 5.74) is 3.68. The van der Waals surface area contributed by atoms with Gasteiger partial charge in [0.25, 0.3) is 0 Å². The van der Waals surface area contributed by atoms with E-state index in [2.05, 4.69) is 36.7 Å². The van der Waals surface area contributed by atoms with Crippen molar-refractivity contribution in [1.82, 2.24) is 20.6 Å². The fraction of sp³-hybridized carbons (Fsp3) is 0.308. The molecule has 3 rings (SSSR count). The Labute approximate surface area is 207 Å². The quantitative estimate of drug-likeness (QED) is 0.290. The van der Waals surface area contributed by atoms with Gasteiger partial charge in [0, 0.05) is 31.2 Å². The van der Waals surface area contributed by atoms with Crippen molar-refractivity contribution in [3.05, 3.63) is 95.7 Å². The van der Waals surface area contributed by atoms with Crippen LogP contribution >= 0.6 is 0 Å². The molecule has 1 aromatic heterocycles. The molecular weight excluding hydrogens is 476 g/mol. The van der Waals surface area contributed by atoms with Gasteiger partial charge in [0.2, 0.25) is 0 Å². The number of alkyl halides is 4. The average molecular weight is 505 g/mol. The Morgan fingerprint density at radius 3 is 2.22 bits per heavy atom. The molecule has 36 heavy (non-hydrogen) atoms. The van der Waals surface area contributed by atoms with Crippen LogP contribution in [0.25, 0.3) is 0 Å². The summed E-state index contributed by atoms with van der Waals surface area (Å²) < 4.78 is 60.6. The molecule has 3 aromatic rings. The minimum absolute atomic E-state index is 0.346. The van der Waals surface area contributed by atoms with Gasteiger partial charge < -0.3 is 14.8 Å². The smallest absolute Gasteiger partial charge is 0.387 e. The molecule has 2 atom stereocenters. The van der Waals surface area contributed by atoms with E-state index in [-0.39, 0.29) is 6.04 Å². The number of aryl methyl sites for hydroxylation is 2. The molecule has 0 aliphatic carbocycles. The van der Waals surface area contributed by atoms with Crippen molar-refractivity contribution in [2.24, 2.45) is 0 Å². The second-order valence-corrected chi connectivity index (χ2v) is 7.99. The molecule has 0 aliphatic heterocycles. The zero-order valence-electron chi connectivity index (χ0n) is 19.9. The highest BCUT2D eigenvalue weighted by Gasteiger charge is 2.23. The standard InChI is InChI=1S/C26H28F4N4O2/c1-16-14-33-20(15-32-16)10-11-21(34-24(17(2)31-3)18-7-5-4-6-8-18)19-9-12-22(35-25(27)28)23(13-19)36-26(29)30/h4-9,12-15,21,24-26,31,34H,2,10-11H2,1,3H3. The van der Waals surface area contributed by atoms with Gasteiger partial charge >= 0.3 is 13.2 Å². The van der Waals surface area contributed by atoms with Gasteiger partial charge in [-0.2, -0.15) is 17.6 Å². The van der Waals surface area contributed by atoms with Crippen molar-refractivity contribution in [1.29, 1.82) is 0 Å². The molecular formula is C26H28F4N4O2. The van der Waals surface area contributed by atoms with Gasteiger partial charge in [0.05, 0.1) is 17.4 Å². The van der Waals surface area contributed by atoms with E-state index >= 15 is 0 Å². The van der Waals surface area contributed by atoms with Crippen molar-refractivity contribution >= 4 is 0 Å². The van der Waals surface area contributed by atoms with Crippen molar-refractivity contribution in [3.63, 3.8) is 0 Å². The van der Waals surface area contributed by atoms with Crippen molar-refractivity contribution in [2.45, 2.75) is 45.1 Å². The maximum Gasteiger partial charge on any atom is 0.387 e. The Kier molecular flexibility index (Phi) is 9.63. The molecule has 10 heteroatoms. The highest BCUT2D eigenvalue weighted by molar-refractivity contribution is 5.44. The van der Waals surface area contributed by atoms with E-state index in [0.717, 1.165) is 17.0 Å². The first-order valence-corrected chi connectivity index (χ1v) is 11.3. The molecule has 0 saturated heterocycles. The van der Waals surface area contributed by atoms with Crippen LogP contribution in [-0.4, -0.2) is 30.2 Å². The average Bonchev–Trinajstić information content (AvgIpc) is 2.86. The second kappa shape index (κ2) is 12.9. The summed E-state index contributed by atoms with van der Waals surface area (Å²) in [6.07, 6.45) is 4.34. The van der Waals surface area contributed by atoms with Gasteiger partial charge in [-0.25, -0.2) is 0 Å². The molecule has 0 radical (unpaired) electrons. The summed E-state index contributed by atoms with van der Waals surface area (Å²) >= 11 is 0. The lowest BCUT2D eigenvalue weighted by atomic mass is 9.96. The Balaban J connectivity index is 1.97. The van der Waals surface area contributed by atoms with Gasteiger partial charge in [-0.05, 0) is 43.0 Å². The maximum absolute atomic E-state index is 13.0. The summed E-state index contributed by atoms with van der Waals surface area (Å²) in [5.74, 6) is -0.954. The largest absolute Gasteiger partial charge is 0.431 e. The first kappa shape index (κ1) is 26.9. The molecule has 2 N–H and O–H groups in total. The molecule has 2 aromatic carbocycles. The fourth-order valence-corrected chi connectivity index (χ4v) is 3.70. The number of nitrogens with one attached hydrogen (secondary N) is 2. The molecule has 0 spiro atoms. The fourth-order valence-electron chi connectivity index (χ4n) is 3.70. The van der Waals surface area contributed by atoms with Gasteiger partial charge in [-0.1, -0.05) is 43.0 Å². The van der Waals surface area contributed by atoms with Crippen LogP contribution < -0.4 is 20.1 Å². The summed E-state index contributed by atoms with van der Waals surface area (Å²) in [5, 5.41) is 6.58. The van der Waals surface area contributed by atoms with E-state index in [4.69, 9.17) is 0 Å². The third kappa shape index (κ3) is 7.67. The first-order chi connectivity index (χ1) is 17.3. The minimum Gasteiger partial charge on any atom is -0.431 e. The minimum atomic E-state index is -3.21. The highest BCUT2D eigenvalue weighted by atomic mass is 19.3. The number of halogens is 4. The number of aromatic nitrogens is 2. The molecule has 0 saturated carbocycles. The van der Waals surface area contributed by atoms with Gasteiger partial charge in [0.1, 0.15) is 0 Å². The summed E-state index contributed by atoms with van der Waals surface area (Å²) in [7, 11) is 1.75. The maximum atomic E-state index is 13.0. The highest BCUT2D eigenvalue weighted by Crippen LogP contribution is 2.35. The third-order valence-electron chi connectivity index (χ3n) is 5.50. The zero-order chi connectivity index (χ0) is 26.1. The van der Waals surface area contributed by atoms with E-state index in [1.165, 1.54) is 12.1 Å². The van der Waals surface area contributed by atoms with Crippen LogP contribution in [0.2, 0.25) is 0 Å². The number of nitrogens with zero attached hydrogens (tertiary/aromatic N) is 2. The Hall–Kier alpha value is -3.66. The van der Waals surface area contributed by atoms with E-state index in [9.17, 15) is 17.6 Å². The molecule has 1 heterocycles. The Bertz CT molecular complexity index is 1110. The number of benzene rings is 2. The Morgan fingerprint density at radius 1 is 0.917 bits per heavy atom. The summed E-state index contributed by atoms with van der Waals surface area (Å²) in [6.45, 7) is -0.460. The normalized spacial score (nSPS) is 12.9. The Morgan fingerprint density at radius 2 is 1.61 bits per heavy atom. The van der Waals surface area contributed by atoms with Crippen LogP contribution in [0.4, 0.5) is 17.6 Å². The van der Waals surface area contributed by atoms with Crippen LogP contribution in [0.5, 0.6) is 11.5 Å². The summed E-state index contributed by atoms with van der Waals surface area (Å²) in [4.78, 5) is 8.66. The number of hydrogen-bond acceptors (Lipinski definition) is 6. The van der Waals surface area contributed by atoms with Crippen LogP contribution in [-0.2, 0) is 6.42 Å². The predicted octanol–water partition coefficient (Wildman–Crippen LogP) is 5.73. The van der Waals surface area contributed by atoms with Crippen LogP contribution in [0, 0.1) is 6.92 Å². The molecule has 0 fully saturated rings. The van der Waals surface area contributed by atoms with Gasteiger partial charge in [-0.15, -0.1) is 0 Å². The monoisotopic (exact) mass is 504 g/mol. The number of likely N-dealkylation sites (N-methyl/N-ethyl adjacent to an activating group) is 1. The molecule has 0 aliphatic rings. The molecule has 0 bridgehead atoms. The lowest BCUT2D eigenvalue weighted by Crippen LogP contribution is -2.31. The topological polar surface area (TPSA) is 68.3 Å². The molecule has 6 nitrogen and oxygen atoms in total. The number of ether oxygens (including phenoxy) is 2. The van der Waals surface area contributed by atoms with Crippen molar-refractivity contribution < 1.29 is 27.0 Å². The summed E-state index contributed by atoms with van der Waals surface area (Å²) in [6, 6.07) is 12.8. The predicted molar refractivity (Wildman–Crippen MR) is 128 cm³/mol. The first-order valence-electron chi connectivity index (χ1n) is 11.3. The second-order valence-electron chi connectivity index (χ2n) is 7.99. The van der Waals surface area contributed by atoms with Crippen LogP contribution in [0.3, 0.4) is 0 Å². The van der Waals surface area contributed by atoms with Crippen molar-refractivity contribution in [3.8, 4) is 11.5 Å². The lowest BCUT2D eigenvalue weighted by Gasteiger charge is -2.28. The lowest BCUT2D eigenvalue weighted by molar-refractivity contribution is -0.0692. The van der Waals surface area contributed by atoms with E-state index < -0.39 is 30.8 Å². The SMILES string of the molecule is C=C(NC)C(NC(CCc1cnc(C)cn1)c1ccc(OC(F)F)c(OC(F)F)c1)c1ccccc1. The molecule has 192 valence electrons. The number of rotatable bonds is 13. The third-order valence-corrected chi connectivity index (χ3v) is 5.50. The van der Waals surface area contributed by atoms with E-state index in [1.54, 1.807) is 25.5 Å². The van der Waals surface area contributed by atoms with E-state index in [0.29, 0.717) is 24.1 Å². The van der Waals surface area contributed by atoms with Crippen LogP contribution in [0.15, 0.2) is 73.2 Å². The molecule has 0 amide bonds. The van der Waals surface area contributed by atoms with Gasteiger partial charge in [-0.3, -0.25) is 15.3 Å². The van der Waals surface area contributed by atoms with Gasteiger partial charge in [0.15, 0.2) is 11.5 Å². The van der Waals surface area contributed by atoms with E-state index in [1.807, 2.05) is 37.3 Å². The van der Waals surface area contributed by atoms with Crippen molar-refractivity contribution in [2.75, 3.05) is 7.05 Å². The zero-order valence-corrected chi connectivity index (χ0v) is 19.9.